The third-order valence-electron chi connectivity index (χ3n) is 6.67. The van der Waals surface area contributed by atoms with Crippen molar-refractivity contribution >= 4 is 40.4 Å². The number of likely N-dealkylation sites (tertiary alicyclic amines) is 1. The molecule has 10 nitrogen and oxygen atoms in total. The zero-order chi connectivity index (χ0) is 27.9. The summed E-state index contributed by atoms with van der Waals surface area (Å²) in [7, 11) is 0. The highest BCUT2D eigenvalue weighted by molar-refractivity contribution is 7.79. The third kappa shape index (κ3) is 5.89. The molecule has 2 aromatic heterocycles. The molecule has 0 amide bonds. The van der Waals surface area contributed by atoms with Crippen LogP contribution in [0, 0.1) is 22.8 Å². The van der Waals surface area contributed by atoms with Gasteiger partial charge in [0, 0.05) is 46.9 Å². The molecule has 4 rings (SSSR count). The van der Waals surface area contributed by atoms with E-state index in [1.807, 2.05) is 38.1 Å². The van der Waals surface area contributed by atoms with Crippen LogP contribution in [-0.2, 0) is 0 Å². The first kappa shape index (κ1) is 27.3. The topological polar surface area (TPSA) is 154 Å². The summed E-state index contributed by atoms with van der Waals surface area (Å²) >= 11 is 4.95. The number of aromatic nitrogens is 2. The SMILES string of the molecule is CC(=NC1CCN(C#N)CC1)/C(=N\N)c1cc(OC(C)c2ccccc2/C(N)=C/C=S)n2c(C#N)cnc2c1. The molecule has 1 unspecified atom stereocenters. The largest absolute Gasteiger partial charge is 0.471 e. The summed E-state index contributed by atoms with van der Waals surface area (Å²) in [6, 6.07) is 13.5. The quantitative estimate of drug-likeness (QED) is 0.110. The standard InChI is InChI=1S/C28H29N9OS/c1-18(34-21-7-10-36(17-30)11-8-21)28(35-32)20-13-26-33-16-22(15-29)37(26)27(14-20)38-19(2)23-5-3-4-6-24(23)25(31)9-12-39/h3-6,9,12-14,16,19,21H,7-8,10-11,31-32H2,1-2H3/b25-9-,34-18?,35-28+. The van der Waals surface area contributed by atoms with Gasteiger partial charge in [-0.15, -0.1) is 0 Å². The zero-order valence-electron chi connectivity index (χ0n) is 21.8. The minimum atomic E-state index is -0.441. The number of hydrogen-bond acceptors (Lipinski definition) is 10. The van der Waals surface area contributed by atoms with Crippen molar-refractivity contribution in [1.29, 1.82) is 10.5 Å². The van der Waals surface area contributed by atoms with Crippen LogP contribution in [0.4, 0.5) is 0 Å². The lowest BCUT2D eigenvalue weighted by atomic mass is 10.0. The number of rotatable bonds is 8. The second-order valence-electron chi connectivity index (χ2n) is 9.15. The van der Waals surface area contributed by atoms with Gasteiger partial charge in [-0.25, -0.2) is 4.98 Å². The summed E-state index contributed by atoms with van der Waals surface area (Å²) < 4.78 is 8.10. The van der Waals surface area contributed by atoms with E-state index in [9.17, 15) is 5.26 Å². The van der Waals surface area contributed by atoms with E-state index in [1.54, 1.807) is 27.5 Å². The van der Waals surface area contributed by atoms with Crippen molar-refractivity contribution in [1.82, 2.24) is 14.3 Å². The summed E-state index contributed by atoms with van der Waals surface area (Å²) in [6.07, 6.45) is 6.46. The first-order valence-corrected chi connectivity index (χ1v) is 12.9. The lowest BCUT2D eigenvalue weighted by Crippen LogP contribution is -2.32. The number of allylic oxidation sites excluding steroid dienone is 1. The van der Waals surface area contributed by atoms with Crippen LogP contribution in [0.5, 0.6) is 5.88 Å². The van der Waals surface area contributed by atoms with Crippen molar-refractivity contribution in [3.8, 4) is 18.1 Å². The smallest absolute Gasteiger partial charge is 0.201 e. The number of nitriles is 2. The molecule has 1 aromatic carbocycles. The number of thiocarbonyl (C=S) groups is 1. The van der Waals surface area contributed by atoms with E-state index in [0.717, 1.165) is 24.0 Å². The normalized spacial score (nSPS) is 16.0. The molecule has 0 bridgehead atoms. The van der Waals surface area contributed by atoms with Crippen molar-refractivity contribution in [2.45, 2.75) is 38.8 Å². The summed E-state index contributed by atoms with van der Waals surface area (Å²) in [6.45, 7) is 5.11. The molecule has 3 heterocycles. The molecule has 39 heavy (non-hydrogen) atoms. The van der Waals surface area contributed by atoms with Crippen LogP contribution in [0.25, 0.3) is 11.3 Å². The molecule has 1 saturated heterocycles. The molecule has 0 aliphatic carbocycles. The van der Waals surface area contributed by atoms with Crippen LogP contribution in [0.2, 0.25) is 0 Å². The van der Waals surface area contributed by atoms with Gasteiger partial charge in [0.25, 0.3) is 0 Å². The number of piperidine rings is 1. The molecule has 198 valence electrons. The van der Waals surface area contributed by atoms with Gasteiger partial charge in [0.15, 0.2) is 6.19 Å². The highest BCUT2D eigenvalue weighted by Gasteiger charge is 2.22. The number of aliphatic imine (C=N–C) groups is 1. The average molecular weight is 540 g/mol. The molecule has 0 saturated carbocycles. The minimum Gasteiger partial charge on any atom is -0.471 e. The highest BCUT2D eigenvalue weighted by atomic mass is 32.1. The van der Waals surface area contributed by atoms with Gasteiger partial charge in [0.05, 0.1) is 18.0 Å². The van der Waals surface area contributed by atoms with E-state index < -0.39 is 6.10 Å². The Hall–Kier alpha value is -4.74. The molecule has 1 aliphatic rings. The number of nitrogens with two attached hydrogens (primary N) is 2. The fourth-order valence-corrected chi connectivity index (χ4v) is 4.86. The number of fused-ring (bicyclic) bond motifs is 1. The second kappa shape index (κ2) is 12.2. The maximum absolute atomic E-state index is 9.72. The molecule has 0 spiro atoms. The van der Waals surface area contributed by atoms with Gasteiger partial charge >= 0.3 is 0 Å². The Labute approximate surface area is 232 Å². The van der Waals surface area contributed by atoms with Gasteiger partial charge in [-0.1, -0.05) is 36.5 Å². The summed E-state index contributed by atoms with van der Waals surface area (Å²) in [4.78, 5) is 11.0. The van der Waals surface area contributed by atoms with Gasteiger partial charge in [-0.3, -0.25) is 9.39 Å². The van der Waals surface area contributed by atoms with Crippen LogP contribution in [0.15, 0.2) is 58.8 Å². The van der Waals surface area contributed by atoms with E-state index in [1.165, 1.54) is 11.6 Å². The Kier molecular flexibility index (Phi) is 8.54. The Morgan fingerprint density at radius 1 is 1.26 bits per heavy atom. The van der Waals surface area contributed by atoms with Crippen molar-refractivity contribution in [3.63, 3.8) is 0 Å². The Morgan fingerprint density at radius 3 is 2.67 bits per heavy atom. The van der Waals surface area contributed by atoms with E-state index in [2.05, 4.69) is 22.3 Å². The fraction of sp³-hybridized carbons (Fsp3) is 0.286. The highest BCUT2D eigenvalue weighted by Crippen LogP contribution is 2.29. The van der Waals surface area contributed by atoms with Crippen LogP contribution in [0.3, 0.4) is 0 Å². The molecule has 1 aliphatic heterocycles. The van der Waals surface area contributed by atoms with Gasteiger partial charge in [0.2, 0.25) is 5.88 Å². The van der Waals surface area contributed by atoms with Crippen molar-refractivity contribution in [2.24, 2.45) is 21.7 Å². The lowest BCUT2D eigenvalue weighted by molar-refractivity contribution is 0.214. The van der Waals surface area contributed by atoms with E-state index in [0.29, 0.717) is 53.0 Å². The number of nitrogens with zero attached hydrogens (tertiary/aromatic N) is 7. The van der Waals surface area contributed by atoms with Gasteiger partial charge in [-0.2, -0.15) is 15.6 Å². The first-order chi connectivity index (χ1) is 18.9. The number of ether oxygens (including phenoxy) is 1. The van der Waals surface area contributed by atoms with Crippen LogP contribution in [-0.4, -0.2) is 50.2 Å². The second-order valence-corrected chi connectivity index (χ2v) is 9.42. The number of pyridine rings is 1. The zero-order valence-corrected chi connectivity index (χ0v) is 22.6. The number of benzene rings is 1. The minimum absolute atomic E-state index is 0.0739. The third-order valence-corrected chi connectivity index (χ3v) is 6.81. The molecule has 3 aromatic rings. The Balaban J connectivity index is 1.72. The fourth-order valence-electron chi connectivity index (χ4n) is 4.71. The van der Waals surface area contributed by atoms with Crippen molar-refractivity contribution < 1.29 is 4.74 Å². The summed E-state index contributed by atoms with van der Waals surface area (Å²) in [5, 5.41) is 24.4. The van der Waals surface area contributed by atoms with Crippen LogP contribution in [0.1, 0.15) is 55.2 Å². The van der Waals surface area contributed by atoms with E-state index in [4.69, 9.17) is 38.8 Å². The maximum Gasteiger partial charge on any atom is 0.201 e. The first-order valence-electron chi connectivity index (χ1n) is 12.5. The van der Waals surface area contributed by atoms with Crippen LogP contribution >= 0.6 is 12.2 Å². The van der Waals surface area contributed by atoms with Gasteiger partial charge in [0.1, 0.15) is 29.2 Å². The monoisotopic (exact) mass is 539 g/mol. The summed E-state index contributed by atoms with van der Waals surface area (Å²) in [5.41, 5.74) is 11.1. The van der Waals surface area contributed by atoms with E-state index >= 15 is 0 Å². The van der Waals surface area contributed by atoms with Gasteiger partial charge in [-0.05, 0) is 38.8 Å². The molecular formula is C28H29N9OS. The van der Waals surface area contributed by atoms with Gasteiger partial charge < -0.3 is 21.2 Å². The Morgan fingerprint density at radius 2 is 2.00 bits per heavy atom. The molecule has 0 radical (unpaired) electrons. The number of hydrogen-bond donors (Lipinski definition) is 2. The molecule has 4 N–H and O–H groups in total. The van der Waals surface area contributed by atoms with Crippen molar-refractivity contribution in [2.75, 3.05) is 13.1 Å². The lowest BCUT2D eigenvalue weighted by Gasteiger charge is -2.26. The molecule has 11 heteroatoms. The maximum atomic E-state index is 9.72. The average Bonchev–Trinajstić information content (AvgIpc) is 3.37. The Bertz CT molecular complexity index is 1550. The number of imidazole rings is 1. The molecule has 1 atom stereocenters. The summed E-state index contributed by atoms with van der Waals surface area (Å²) in [5.74, 6) is 6.25. The number of hydrazone groups is 1. The molecule has 1 fully saturated rings. The van der Waals surface area contributed by atoms with E-state index in [-0.39, 0.29) is 6.04 Å². The van der Waals surface area contributed by atoms with Crippen LogP contribution < -0.4 is 16.3 Å². The predicted octanol–water partition coefficient (Wildman–Crippen LogP) is 3.71. The predicted molar refractivity (Wildman–Crippen MR) is 155 cm³/mol. The molecular weight excluding hydrogens is 510 g/mol. The van der Waals surface area contributed by atoms with Crippen molar-refractivity contribution in [3.05, 3.63) is 71.1 Å².